The predicted molar refractivity (Wildman–Crippen MR) is 112 cm³/mol. The maximum Gasteiger partial charge on any atom is 0.261 e. The van der Waals surface area contributed by atoms with Gasteiger partial charge in [0.1, 0.15) is 0 Å². The van der Waals surface area contributed by atoms with Crippen LogP contribution in [0.25, 0.3) is 11.3 Å². The second-order valence-corrected chi connectivity index (χ2v) is 7.41. The Kier molecular flexibility index (Phi) is 4.87. The molecule has 7 nitrogen and oxygen atoms in total. The van der Waals surface area contributed by atoms with Crippen molar-refractivity contribution in [2.45, 2.75) is 20.3 Å². The zero-order valence-corrected chi connectivity index (χ0v) is 16.9. The molecule has 0 radical (unpaired) electrons. The van der Waals surface area contributed by atoms with Crippen LogP contribution in [0, 0.1) is 13.8 Å². The molecule has 1 N–H and O–H groups in total. The van der Waals surface area contributed by atoms with Gasteiger partial charge in [0.05, 0.1) is 23.2 Å². The molecule has 0 unspecified atom stereocenters. The lowest BCUT2D eigenvalue weighted by Gasteiger charge is -2.09. The average Bonchev–Trinajstić information content (AvgIpc) is 2.92. The third-order valence-corrected chi connectivity index (χ3v) is 5.01. The van der Waals surface area contributed by atoms with Crippen molar-refractivity contribution >= 4 is 23.5 Å². The molecular weight excluding hydrogens is 380 g/mol. The maximum atomic E-state index is 12.6. The Labute approximate surface area is 173 Å². The van der Waals surface area contributed by atoms with Crippen LogP contribution in [0.3, 0.4) is 0 Å². The van der Waals surface area contributed by atoms with Gasteiger partial charge < -0.3 is 5.32 Å². The topological polar surface area (TPSA) is 92.3 Å². The van der Waals surface area contributed by atoms with Gasteiger partial charge in [-0.3, -0.25) is 19.3 Å². The second kappa shape index (κ2) is 7.51. The minimum Gasteiger partial charge on any atom is -0.309 e. The van der Waals surface area contributed by atoms with Gasteiger partial charge in [-0.05, 0) is 49.2 Å². The van der Waals surface area contributed by atoms with Crippen molar-refractivity contribution in [3.63, 3.8) is 0 Å². The number of anilines is 1. The number of imide groups is 1. The van der Waals surface area contributed by atoms with Gasteiger partial charge in [0, 0.05) is 12.6 Å². The molecular formula is C23H20N4O3. The summed E-state index contributed by atoms with van der Waals surface area (Å²) in [4.78, 5) is 38.3. The quantitative estimate of drug-likeness (QED) is 0.679. The van der Waals surface area contributed by atoms with Gasteiger partial charge in [0.25, 0.3) is 11.8 Å². The van der Waals surface area contributed by atoms with Gasteiger partial charge in [0.15, 0.2) is 5.82 Å². The number of nitrogens with one attached hydrogen (secondary N) is 1. The van der Waals surface area contributed by atoms with Crippen LogP contribution in [0.5, 0.6) is 0 Å². The van der Waals surface area contributed by atoms with Gasteiger partial charge in [-0.15, -0.1) is 10.2 Å². The van der Waals surface area contributed by atoms with E-state index < -0.39 is 0 Å². The van der Waals surface area contributed by atoms with Gasteiger partial charge in [-0.25, -0.2) is 0 Å². The Morgan fingerprint density at radius 1 is 0.967 bits per heavy atom. The van der Waals surface area contributed by atoms with Crippen LogP contribution in [0.4, 0.5) is 5.82 Å². The first-order chi connectivity index (χ1) is 14.3. The van der Waals surface area contributed by atoms with E-state index in [2.05, 4.69) is 15.5 Å². The lowest BCUT2D eigenvalue weighted by atomic mass is 9.97. The van der Waals surface area contributed by atoms with Gasteiger partial charge in [-0.1, -0.05) is 29.8 Å². The van der Waals surface area contributed by atoms with Gasteiger partial charge in [-0.2, -0.15) is 0 Å². The molecule has 1 aliphatic rings. The molecule has 30 heavy (non-hydrogen) atoms. The van der Waals surface area contributed by atoms with Crippen molar-refractivity contribution in [3.05, 3.63) is 76.3 Å². The lowest BCUT2D eigenvalue weighted by molar-refractivity contribution is -0.115. The average molecular weight is 400 g/mol. The van der Waals surface area contributed by atoms with E-state index in [1.165, 1.54) is 7.05 Å². The highest BCUT2D eigenvalue weighted by Crippen LogP contribution is 2.27. The first-order valence-electron chi connectivity index (χ1n) is 9.50. The number of aromatic nitrogens is 2. The standard InChI is InChI=1S/C23H20N4O3/c1-13-5-4-6-15(9-13)18-7-8-19(26-25-18)24-20(28)12-16-10-14(2)11-17-21(16)23(30)27(3)22(17)29/h4-11H,12H2,1-3H3,(H,24,26,28). The summed E-state index contributed by atoms with van der Waals surface area (Å²) in [5.74, 6) is -0.756. The number of carbonyl (C=O) groups is 3. The predicted octanol–water partition coefficient (Wildman–Crippen LogP) is 3.17. The molecule has 0 spiro atoms. The fraction of sp³-hybridized carbons (Fsp3) is 0.174. The number of fused-ring (bicyclic) bond motifs is 1. The smallest absolute Gasteiger partial charge is 0.261 e. The van der Waals surface area contributed by atoms with Crippen molar-refractivity contribution in [3.8, 4) is 11.3 Å². The van der Waals surface area contributed by atoms with Crippen LogP contribution in [0.15, 0.2) is 48.5 Å². The maximum absolute atomic E-state index is 12.6. The van der Waals surface area contributed by atoms with Crippen LogP contribution >= 0.6 is 0 Å². The number of carbonyl (C=O) groups excluding carboxylic acids is 3. The van der Waals surface area contributed by atoms with Crippen LogP contribution in [-0.2, 0) is 11.2 Å². The minimum atomic E-state index is -0.389. The summed E-state index contributed by atoms with van der Waals surface area (Å²) in [5.41, 5.74) is 4.75. The molecule has 1 aliphatic heterocycles. The highest BCUT2D eigenvalue weighted by molar-refractivity contribution is 6.22. The van der Waals surface area contributed by atoms with Crippen LogP contribution in [0.2, 0.25) is 0 Å². The van der Waals surface area contributed by atoms with Crippen molar-refractivity contribution in [2.24, 2.45) is 0 Å². The van der Waals surface area contributed by atoms with E-state index in [4.69, 9.17) is 0 Å². The van der Waals surface area contributed by atoms with Crippen molar-refractivity contribution < 1.29 is 14.4 Å². The summed E-state index contributed by atoms with van der Waals surface area (Å²) in [6.07, 6.45) is -0.0435. The molecule has 0 atom stereocenters. The summed E-state index contributed by atoms with van der Waals surface area (Å²) >= 11 is 0. The third kappa shape index (κ3) is 3.57. The van der Waals surface area contributed by atoms with Crippen LogP contribution < -0.4 is 5.32 Å². The Morgan fingerprint density at radius 2 is 1.77 bits per heavy atom. The van der Waals surface area contributed by atoms with E-state index in [0.717, 1.165) is 21.6 Å². The molecule has 1 aromatic heterocycles. The van der Waals surface area contributed by atoms with Crippen molar-refractivity contribution in [1.29, 1.82) is 0 Å². The normalized spacial score (nSPS) is 12.8. The number of aryl methyl sites for hydroxylation is 2. The third-order valence-electron chi connectivity index (χ3n) is 5.01. The highest BCUT2D eigenvalue weighted by atomic mass is 16.2. The first kappa shape index (κ1) is 19.4. The Morgan fingerprint density at radius 3 is 2.47 bits per heavy atom. The monoisotopic (exact) mass is 400 g/mol. The second-order valence-electron chi connectivity index (χ2n) is 7.41. The first-order valence-corrected chi connectivity index (χ1v) is 9.50. The minimum absolute atomic E-state index is 0.0435. The number of benzene rings is 2. The zero-order chi connectivity index (χ0) is 21.4. The van der Waals surface area contributed by atoms with Crippen molar-refractivity contribution in [2.75, 3.05) is 12.4 Å². The van der Waals surface area contributed by atoms with E-state index in [0.29, 0.717) is 28.2 Å². The van der Waals surface area contributed by atoms with Crippen LogP contribution in [-0.4, -0.2) is 39.9 Å². The summed E-state index contributed by atoms with van der Waals surface area (Å²) in [5, 5.41) is 11.0. The molecule has 3 amide bonds. The molecule has 3 aromatic rings. The van der Waals surface area contributed by atoms with E-state index in [-0.39, 0.29) is 24.1 Å². The zero-order valence-electron chi connectivity index (χ0n) is 16.9. The van der Waals surface area contributed by atoms with Crippen LogP contribution in [0.1, 0.15) is 37.4 Å². The Bertz CT molecular complexity index is 1190. The SMILES string of the molecule is Cc1cccc(-c2ccc(NC(=O)Cc3cc(C)cc4c3C(=O)N(C)C4=O)nn2)c1. The fourth-order valence-electron chi connectivity index (χ4n) is 3.58. The lowest BCUT2D eigenvalue weighted by Crippen LogP contribution is -2.25. The molecule has 0 saturated heterocycles. The molecule has 0 bridgehead atoms. The summed E-state index contributed by atoms with van der Waals surface area (Å²) in [6.45, 7) is 3.83. The molecule has 7 heteroatoms. The Balaban J connectivity index is 1.52. The number of hydrogen-bond acceptors (Lipinski definition) is 5. The molecule has 0 fully saturated rings. The largest absolute Gasteiger partial charge is 0.309 e. The fourth-order valence-corrected chi connectivity index (χ4v) is 3.58. The molecule has 4 rings (SSSR count). The molecule has 2 heterocycles. The summed E-state index contributed by atoms with van der Waals surface area (Å²) in [6, 6.07) is 14.8. The van der Waals surface area contributed by atoms with E-state index >= 15 is 0 Å². The van der Waals surface area contributed by atoms with Gasteiger partial charge >= 0.3 is 0 Å². The number of nitrogens with zero attached hydrogens (tertiary/aromatic N) is 3. The molecule has 2 aromatic carbocycles. The highest BCUT2D eigenvalue weighted by Gasteiger charge is 2.35. The summed E-state index contributed by atoms with van der Waals surface area (Å²) < 4.78 is 0. The number of amides is 3. The number of hydrogen-bond donors (Lipinski definition) is 1. The molecule has 0 aliphatic carbocycles. The van der Waals surface area contributed by atoms with E-state index in [1.54, 1.807) is 24.3 Å². The van der Waals surface area contributed by atoms with Crippen molar-refractivity contribution in [1.82, 2.24) is 15.1 Å². The Hall–Kier alpha value is -3.87. The number of rotatable bonds is 4. The van der Waals surface area contributed by atoms with Gasteiger partial charge in [0.2, 0.25) is 5.91 Å². The molecule has 0 saturated carbocycles. The van der Waals surface area contributed by atoms with E-state index in [9.17, 15) is 14.4 Å². The van der Waals surface area contributed by atoms with E-state index in [1.807, 2.05) is 38.1 Å². The summed E-state index contributed by atoms with van der Waals surface area (Å²) in [7, 11) is 1.44. The molecule has 150 valence electrons.